The molecule has 1 aliphatic heterocycles. The number of anilines is 1. The van der Waals surface area contributed by atoms with Crippen LogP contribution in [0.15, 0.2) is 58.7 Å². The van der Waals surface area contributed by atoms with Crippen molar-refractivity contribution >= 4 is 11.5 Å². The van der Waals surface area contributed by atoms with E-state index >= 15 is 0 Å². The third-order valence-electron chi connectivity index (χ3n) is 5.70. The highest BCUT2D eigenvalue weighted by molar-refractivity contribution is 6.12. The third kappa shape index (κ3) is 4.95. The van der Waals surface area contributed by atoms with Crippen molar-refractivity contribution in [2.45, 2.75) is 44.7 Å². The van der Waals surface area contributed by atoms with Gasteiger partial charge < -0.3 is 15.0 Å². The largest absolute Gasteiger partial charge is 0.385 e. The molecule has 0 saturated heterocycles. The predicted molar refractivity (Wildman–Crippen MR) is 123 cm³/mol. The van der Waals surface area contributed by atoms with Crippen LogP contribution in [0.4, 0.5) is 5.69 Å². The van der Waals surface area contributed by atoms with Gasteiger partial charge in [-0.15, -0.1) is 0 Å². The van der Waals surface area contributed by atoms with E-state index in [0.29, 0.717) is 6.04 Å². The molecule has 1 unspecified atom stereocenters. The van der Waals surface area contributed by atoms with Crippen LogP contribution in [-0.2, 0) is 4.74 Å². The van der Waals surface area contributed by atoms with Gasteiger partial charge in [-0.1, -0.05) is 42.2 Å². The van der Waals surface area contributed by atoms with Gasteiger partial charge in [-0.3, -0.25) is 5.01 Å². The van der Waals surface area contributed by atoms with Crippen LogP contribution in [0.3, 0.4) is 0 Å². The summed E-state index contributed by atoms with van der Waals surface area (Å²) in [5.41, 5.74) is 3.70. The lowest BCUT2D eigenvalue weighted by molar-refractivity contribution is 0.173. The maximum absolute atomic E-state index is 5.26. The smallest absolute Gasteiger partial charge is 0.159 e. The van der Waals surface area contributed by atoms with Gasteiger partial charge in [-0.25, -0.2) is 0 Å². The second-order valence-electron chi connectivity index (χ2n) is 8.02. The molecule has 1 aromatic rings. The number of allylic oxidation sites excluding steroid dienone is 2. The quantitative estimate of drug-likeness (QED) is 0.505. The molecule has 0 amide bonds. The van der Waals surface area contributed by atoms with Crippen LogP contribution in [0, 0.1) is 11.8 Å². The van der Waals surface area contributed by atoms with Crippen molar-refractivity contribution in [1.82, 2.24) is 10.3 Å². The highest BCUT2D eigenvalue weighted by Gasteiger charge is 2.33. The van der Waals surface area contributed by atoms with Crippen molar-refractivity contribution in [1.29, 1.82) is 0 Å². The van der Waals surface area contributed by atoms with E-state index in [1.54, 1.807) is 7.11 Å². The minimum atomic E-state index is 0.00353. The minimum Gasteiger partial charge on any atom is -0.385 e. The molecule has 0 bridgehead atoms. The van der Waals surface area contributed by atoms with Crippen LogP contribution in [0.1, 0.15) is 32.6 Å². The number of hydrogen-bond acceptors (Lipinski definition) is 5. The Morgan fingerprint density at radius 1 is 1.23 bits per heavy atom. The molecule has 0 spiro atoms. The maximum atomic E-state index is 5.26. The van der Waals surface area contributed by atoms with Gasteiger partial charge in [0.2, 0.25) is 0 Å². The molecule has 5 heteroatoms. The van der Waals surface area contributed by atoms with Crippen molar-refractivity contribution in [2.75, 3.05) is 38.3 Å². The molecule has 2 aliphatic carbocycles. The summed E-state index contributed by atoms with van der Waals surface area (Å²) in [4.78, 5) is 2.29. The average Bonchev–Trinajstić information content (AvgIpc) is 3.52. The Labute approximate surface area is 180 Å². The molecule has 5 nitrogen and oxygen atoms in total. The number of likely N-dealkylation sites (N-methyl/N-ethyl adjacent to an activating group) is 1. The first-order chi connectivity index (χ1) is 14.8. The molecule has 1 atom stereocenters. The van der Waals surface area contributed by atoms with Gasteiger partial charge in [0, 0.05) is 57.1 Å². The van der Waals surface area contributed by atoms with Crippen molar-refractivity contribution < 1.29 is 4.74 Å². The summed E-state index contributed by atoms with van der Waals surface area (Å²) in [5.74, 6) is 7.95. The number of amidine groups is 1. The van der Waals surface area contributed by atoms with E-state index in [9.17, 15) is 0 Å². The summed E-state index contributed by atoms with van der Waals surface area (Å²) in [7, 11) is 1.75. The lowest BCUT2D eigenvalue weighted by Crippen LogP contribution is -2.33. The first kappa shape index (κ1) is 20.7. The Morgan fingerprint density at radius 3 is 2.80 bits per heavy atom. The fraction of sp³-hybridized carbons (Fsp3) is 0.480. The van der Waals surface area contributed by atoms with Crippen LogP contribution in [-0.4, -0.2) is 56.3 Å². The van der Waals surface area contributed by atoms with E-state index in [4.69, 9.17) is 9.84 Å². The fourth-order valence-electron chi connectivity index (χ4n) is 3.87. The number of nitrogens with zero attached hydrogens (tertiary/aromatic N) is 3. The number of rotatable bonds is 9. The second kappa shape index (κ2) is 9.97. The van der Waals surface area contributed by atoms with Crippen molar-refractivity contribution in [3.8, 4) is 11.8 Å². The zero-order chi connectivity index (χ0) is 20.8. The van der Waals surface area contributed by atoms with Gasteiger partial charge in [0.1, 0.15) is 6.04 Å². The highest BCUT2D eigenvalue weighted by atomic mass is 16.5. The predicted octanol–water partition coefficient (Wildman–Crippen LogP) is 3.56. The molecular formula is C25H32N4O. The van der Waals surface area contributed by atoms with E-state index in [-0.39, 0.29) is 6.04 Å². The van der Waals surface area contributed by atoms with Crippen LogP contribution in [0.2, 0.25) is 0 Å². The van der Waals surface area contributed by atoms with Crippen LogP contribution in [0.25, 0.3) is 0 Å². The first-order valence-corrected chi connectivity index (χ1v) is 11.1. The Kier molecular flexibility index (Phi) is 6.88. The molecule has 1 aromatic carbocycles. The summed E-state index contributed by atoms with van der Waals surface area (Å²) >= 11 is 0. The van der Waals surface area contributed by atoms with Crippen molar-refractivity contribution in [3.63, 3.8) is 0 Å². The average molecular weight is 405 g/mol. The van der Waals surface area contributed by atoms with Crippen LogP contribution >= 0.6 is 0 Å². The molecule has 4 rings (SSSR count). The van der Waals surface area contributed by atoms with Crippen molar-refractivity contribution in [2.24, 2.45) is 5.10 Å². The molecule has 158 valence electrons. The normalized spacial score (nSPS) is 22.0. The second-order valence-corrected chi connectivity index (χ2v) is 8.02. The van der Waals surface area contributed by atoms with E-state index in [1.165, 1.54) is 24.0 Å². The number of hydrazone groups is 1. The van der Waals surface area contributed by atoms with E-state index in [0.717, 1.165) is 50.6 Å². The van der Waals surface area contributed by atoms with Crippen LogP contribution < -0.4 is 10.2 Å². The molecule has 0 radical (unpaired) electrons. The van der Waals surface area contributed by atoms with Crippen molar-refractivity contribution in [3.05, 3.63) is 53.6 Å². The minimum absolute atomic E-state index is 0.00353. The molecule has 30 heavy (non-hydrogen) atoms. The summed E-state index contributed by atoms with van der Waals surface area (Å²) in [6.45, 7) is 5.52. The molecular weight excluding hydrogens is 372 g/mol. The Bertz CT molecular complexity index is 873. The Morgan fingerprint density at radius 2 is 2.07 bits per heavy atom. The molecule has 0 aromatic heterocycles. The summed E-state index contributed by atoms with van der Waals surface area (Å²) in [5, 5.41) is 10.8. The van der Waals surface area contributed by atoms with Gasteiger partial charge in [-0.05, 0) is 43.9 Å². The van der Waals surface area contributed by atoms with Gasteiger partial charge in [0.05, 0.1) is 0 Å². The third-order valence-corrected chi connectivity index (χ3v) is 5.70. The Balaban J connectivity index is 1.63. The molecule has 1 fully saturated rings. The maximum Gasteiger partial charge on any atom is 0.159 e. The number of hydrogen-bond donors (Lipinski definition) is 1. The molecule has 1 saturated carbocycles. The van der Waals surface area contributed by atoms with Gasteiger partial charge in [0.25, 0.3) is 0 Å². The zero-order valence-electron chi connectivity index (χ0n) is 18.1. The lowest BCUT2D eigenvalue weighted by atomic mass is 10.0. The van der Waals surface area contributed by atoms with Gasteiger partial charge in [0.15, 0.2) is 5.84 Å². The number of benzene rings is 1. The van der Waals surface area contributed by atoms with E-state index in [2.05, 4.69) is 76.5 Å². The van der Waals surface area contributed by atoms with Crippen LogP contribution in [0.5, 0.6) is 0 Å². The summed E-state index contributed by atoms with van der Waals surface area (Å²) in [6.07, 6.45) is 8.87. The summed E-state index contributed by atoms with van der Waals surface area (Å²) in [6, 6.07) is 11.2. The molecule has 3 aliphatic rings. The van der Waals surface area contributed by atoms with Gasteiger partial charge in [-0.2, -0.15) is 5.10 Å². The lowest BCUT2D eigenvalue weighted by Gasteiger charge is -2.24. The Hall–Kier alpha value is -2.55. The number of methoxy groups -OCH3 is 1. The van der Waals surface area contributed by atoms with E-state index < -0.39 is 0 Å². The molecule has 1 N–H and O–H groups in total. The van der Waals surface area contributed by atoms with Gasteiger partial charge >= 0.3 is 0 Å². The zero-order valence-corrected chi connectivity index (χ0v) is 18.1. The topological polar surface area (TPSA) is 40.1 Å². The SMILES string of the molecule is CCN(C1=NN(CCCOC)C2C#CC/C(CNC3CC3)=C\C=C12)c1ccccc1. The summed E-state index contributed by atoms with van der Waals surface area (Å²) < 4.78 is 5.26. The standard InChI is InChI=1S/C25H32N4O/c1-3-28(22-10-5-4-6-11-22)25-23-16-13-20(19-26-21-14-15-21)9-7-12-24(23)29(27-25)17-8-18-30-2/h4-6,10-11,13,16,21,24,26H,3,8-9,14-15,17-19H2,1-2H3/b20-13+,23-16?. The molecule has 1 heterocycles. The number of nitrogens with one attached hydrogen (secondary N) is 1. The fourth-order valence-corrected chi connectivity index (χ4v) is 3.87. The highest BCUT2D eigenvalue weighted by Crippen LogP contribution is 2.28. The monoisotopic (exact) mass is 404 g/mol. The number of para-hydroxylation sites is 1. The first-order valence-electron chi connectivity index (χ1n) is 11.1. The number of fused-ring (bicyclic) bond motifs is 1. The van der Waals surface area contributed by atoms with E-state index in [1.807, 2.05) is 0 Å². The number of ether oxygens (including phenoxy) is 1.